The second kappa shape index (κ2) is 10.1. The number of halogens is 1. The van der Waals surface area contributed by atoms with Gasteiger partial charge in [-0.2, -0.15) is 0 Å². The monoisotopic (exact) mass is 491 g/mol. The zero-order valence-corrected chi connectivity index (χ0v) is 20.3. The van der Waals surface area contributed by atoms with Crippen molar-refractivity contribution in [3.05, 3.63) is 89.2 Å². The van der Waals surface area contributed by atoms with Gasteiger partial charge in [0.1, 0.15) is 28.8 Å². The van der Waals surface area contributed by atoms with Gasteiger partial charge in [0.15, 0.2) is 0 Å². The molecule has 8 heteroatoms. The molecule has 1 N–H and O–H groups in total. The molecular formula is C28H26FNO6. The lowest BCUT2D eigenvalue weighted by molar-refractivity contribution is -0.132. The molecule has 3 aromatic rings. The van der Waals surface area contributed by atoms with Crippen LogP contribution in [0.15, 0.2) is 72.3 Å². The van der Waals surface area contributed by atoms with E-state index in [4.69, 9.17) is 14.2 Å². The molecule has 1 amide bonds. The lowest BCUT2D eigenvalue weighted by Gasteiger charge is -2.26. The number of aliphatic hydroxyl groups is 1. The van der Waals surface area contributed by atoms with Crippen LogP contribution >= 0.6 is 0 Å². The Kier molecular flexibility index (Phi) is 6.96. The summed E-state index contributed by atoms with van der Waals surface area (Å²) in [6, 6.07) is 16.2. The fourth-order valence-corrected chi connectivity index (χ4v) is 4.19. The molecule has 1 unspecified atom stereocenters. The van der Waals surface area contributed by atoms with Crippen molar-refractivity contribution in [2.75, 3.05) is 19.1 Å². The van der Waals surface area contributed by atoms with E-state index in [2.05, 4.69) is 0 Å². The summed E-state index contributed by atoms with van der Waals surface area (Å²) in [5.41, 5.74) is 0.717. The number of hydrogen-bond acceptors (Lipinski definition) is 6. The van der Waals surface area contributed by atoms with Gasteiger partial charge in [0, 0.05) is 11.8 Å². The maximum absolute atomic E-state index is 14.1. The summed E-state index contributed by atoms with van der Waals surface area (Å²) in [6.07, 6.45) is -0.0429. The number of aliphatic hydroxyl groups excluding tert-OH is 1. The first-order chi connectivity index (χ1) is 17.2. The van der Waals surface area contributed by atoms with Crippen LogP contribution in [0.25, 0.3) is 5.76 Å². The molecule has 7 nitrogen and oxygen atoms in total. The molecule has 0 aliphatic carbocycles. The molecule has 1 fully saturated rings. The Hall–Kier alpha value is -4.33. The smallest absolute Gasteiger partial charge is 0.300 e. The van der Waals surface area contributed by atoms with Crippen LogP contribution in [0.3, 0.4) is 0 Å². The highest BCUT2D eigenvalue weighted by atomic mass is 19.1. The number of anilines is 1. The van der Waals surface area contributed by atoms with E-state index < -0.39 is 29.3 Å². The fraction of sp³-hybridized carbons (Fsp3) is 0.214. The molecule has 1 saturated heterocycles. The number of amides is 1. The van der Waals surface area contributed by atoms with Gasteiger partial charge in [0.05, 0.1) is 37.5 Å². The zero-order chi connectivity index (χ0) is 26.0. The fourth-order valence-electron chi connectivity index (χ4n) is 4.19. The third-order valence-corrected chi connectivity index (χ3v) is 5.76. The number of nitrogens with zero attached hydrogens (tertiary/aromatic N) is 1. The number of Topliss-reactive ketones (excluding diaryl/α,β-unsaturated/α-hetero) is 1. The second-order valence-corrected chi connectivity index (χ2v) is 8.45. The minimum absolute atomic E-state index is 0.0362. The average molecular weight is 492 g/mol. The lowest BCUT2D eigenvalue weighted by atomic mass is 9.94. The van der Waals surface area contributed by atoms with Crippen LogP contribution in [0, 0.1) is 5.82 Å². The van der Waals surface area contributed by atoms with Crippen LogP contribution < -0.4 is 19.1 Å². The van der Waals surface area contributed by atoms with E-state index in [1.165, 1.54) is 31.3 Å². The summed E-state index contributed by atoms with van der Waals surface area (Å²) in [5.74, 6) is -1.67. The second-order valence-electron chi connectivity index (χ2n) is 8.45. The maximum atomic E-state index is 14.1. The van der Waals surface area contributed by atoms with Gasteiger partial charge in [-0.15, -0.1) is 0 Å². The van der Waals surface area contributed by atoms with Gasteiger partial charge in [0.25, 0.3) is 11.7 Å². The summed E-state index contributed by atoms with van der Waals surface area (Å²) >= 11 is 0. The van der Waals surface area contributed by atoms with Crippen molar-refractivity contribution in [1.29, 1.82) is 0 Å². The Balaban J connectivity index is 1.94. The molecule has 0 radical (unpaired) electrons. The highest BCUT2D eigenvalue weighted by molar-refractivity contribution is 6.51. The molecule has 0 bridgehead atoms. The van der Waals surface area contributed by atoms with Gasteiger partial charge in [-0.25, -0.2) is 4.39 Å². The van der Waals surface area contributed by atoms with E-state index in [1.807, 2.05) is 13.8 Å². The van der Waals surface area contributed by atoms with E-state index in [1.54, 1.807) is 48.5 Å². The predicted octanol–water partition coefficient (Wildman–Crippen LogP) is 5.26. The number of hydrogen-bond donors (Lipinski definition) is 1. The quantitative estimate of drug-likeness (QED) is 0.276. The van der Waals surface area contributed by atoms with E-state index in [9.17, 15) is 19.1 Å². The first kappa shape index (κ1) is 24.8. The summed E-state index contributed by atoms with van der Waals surface area (Å²) in [4.78, 5) is 28.0. The predicted molar refractivity (Wildman–Crippen MR) is 133 cm³/mol. The van der Waals surface area contributed by atoms with Crippen molar-refractivity contribution >= 4 is 23.1 Å². The van der Waals surface area contributed by atoms with Crippen molar-refractivity contribution in [2.24, 2.45) is 0 Å². The molecule has 0 aromatic heterocycles. The Bertz CT molecular complexity index is 1330. The van der Waals surface area contributed by atoms with Gasteiger partial charge in [-0.1, -0.05) is 18.2 Å². The van der Waals surface area contributed by atoms with Gasteiger partial charge in [-0.3, -0.25) is 14.5 Å². The summed E-state index contributed by atoms with van der Waals surface area (Å²) in [6.45, 7) is 3.80. The molecule has 1 heterocycles. The Morgan fingerprint density at radius 2 is 1.67 bits per heavy atom. The Morgan fingerprint density at radius 1 is 0.944 bits per heavy atom. The van der Waals surface area contributed by atoms with Crippen LogP contribution in [0.4, 0.5) is 10.1 Å². The maximum Gasteiger partial charge on any atom is 0.300 e. The molecule has 186 valence electrons. The summed E-state index contributed by atoms with van der Waals surface area (Å²) in [7, 11) is 2.86. The highest BCUT2D eigenvalue weighted by Crippen LogP contribution is 2.44. The van der Waals surface area contributed by atoms with E-state index in [0.29, 0.717) is 22.7 Å². The van der Waals surface area contributed by atoms with Crippen LogP contribution in [0.1, 0.15) is 31.0 Å². The first-order valence-corrected chi connectivity index (χ1v) is 11.3. The molecular weight excluding hydrogens is 465 g/mol. The molecule has 1 aliphatic rings. The number of ether oxygens (including phenoxy) is 3. The Labute approximate surface area is 208 Å². The molecule has 1 atom stereocenters. The minimum Gasteiger partial charge on any atom is -0.507 e. The van der Waals surface area contributed by atoms with Crippen LogP contribution in [-0.2, 0) is 9.59 Å². The summed E-state index contributed by atoms with van der Waals surface area (Å²) < 4.78 is 30.4. The third-order valence-electron chi connectivity index (χ3n) is 5.76. The Morgan fingerprint density at radius 3 is 2.31 bits per heavy atom. The topological polar surface area (TPSA) is 85.3 Å². The van der Waals surface area contributed by atoms with Crippen molar-refractivity contribution in [2.45, 2.75) is 26.0 Å². The van der Waals surface area contributed by atoms with Crippen molar-refractivity contribution in [3.63, 3.8) is 0 Å². The number of methoxy groups -OCH3 is 2. The largest absolute Gasteiger partial charge is 0.507 e. The third kappa shape index (κ3) is 4.62. The number of carbonyl (C=O) groups is 2. The van der Waals surface area contributed by atoms with Crippen molar-refractivity contribution in [3.8, 4) is 17.2 Å². The highest BCUT2D eigenvalue weighted by Gasteiger charge is 2.47. The van der Waals surface area contributed by atoms with Gasteiger partial charge >= 0.3 is 0 Å². The average Bonchev–Trinajstić information content (AvgIpc) is 3.14. The molecule has 4 rings (SSSR count). The standard InChI is InChI=1S/C28H26FNO6/c1-16(2)36-20-11-8-17(9-12-20)25-24(26(31)22-14-18(29)10-13-23(22)35-4)27(32)28(33)30(25)19-6-5-7-21(15-19)34-3/h5-16,25,31H,1-4H3/b26-24+. The number of rotatable bonds is 7. The normalized spacial score (nSPS) is 16.9. The molecule has 0 spiro atoms. The van der Waals surface area contributed by atoms with Gasteiger partial charge in [-0.05, 0) is 61.9 Å². The van der Waals surface area contributed by atoms with Gasteiger partial charge in [0.2, 0.25) is 0 Å². The number of carbonyl (C=O) groups excluding carboxylic acids is 2. The molecule has 36 heavy (non-hydrogen) atoms. The van der Waals surface area contributed by atoms with Gasteiger partial charge < -0.3 is 19.3 Å². The van der Waals surface area contributed by atoms with Crippen LogP contribution in [-0.4, -0.2) is 37.1 Å². The lowest BCUT2D eigenvalue weighted by Crippen LogP contribution is -2.29. The van der Waals surface area contributed by atoms with Crippen LogP contribution in [0.5, 0.6) is 17.2 Å². The van der Waals surface area contributed by atoms with E-state index >= 15 is 0 Å². The molecule has 0 saturated carbocycles. The molecule has 3 aromatic carbocycles. The first-order valence-electron chi connectivity index (χ1n) is 11.3. The SMILES string of the molecule is COc1cccc(N2C(=O)C(=O)/C(=C(/O)c3cc(F)ccc3OC)C2c2ccc(OC(C)C)cc2)c1. The summed E-state index contributed by atoms with van der Waals surface area (Å²) in [5, 5.41) is 11.3. The van der Waals surface area contributed by atoms with Crippen LogP contribution in [0.2, 0.25) is 0 Å². The molecule has 1 aliphatic heterocycles. The minimum atomic E-state index is -1.00. The van der Waals surface area contributed by atoms with E-state index in [-0.39, 0.29) is 23.0 Å². The van der Waals surface area contributed by atoms with Crippen molar-refractivity contribution < 1.29 is 33.3 Å². The van der Waals surface area contributed by atoms with E-state index in [0.717, 1.165) is 6.07 Å². The zero-order valence-electron chi connectivity index (χ0n) is 20.3. The van der Waals surface area contributed by atoms with Crippen molar-refractivity contribution in [1.82, 2.24) is 0 Å². The number of ketones is 1. The number of benzene rings is 3.